The van der Waals surface area contributed by atoms with Gasteiger partial charge in [0.15, 0.2) is 0 Å². The molecule has 0 aliphatic heterocycles. The molecule has 0 bridgehead atoms. The molecule has 22 heavy (non-hydrogen) atoms. The van der Waals surface area contributed by atoms with E-state index in [9.17, 15) is 23.3 Å². The van der Waals surface area contributed by atoms with Gasteiger partial charge in [0.05, 0.1) is 10.5 Å². The largest absolute Gasteiger partial charge is 0.418 e. The third kappa shape index (κ3) is 3.90. The lowest BCUT2D eigenvalue weighted by Crippen LogP contribution is -2.11. The molecule has 0 atom stereocenters. The van der Waals surface area contributed by atoms with Crippen LogP contribution in [0.2, 0.25) is 0 Å². The molecule has 0 saturated heterocycles. The van der Waals surface area contributed by atoms with Crippen LogP contribution >= 0.6 is 0 Å². The molecule has 0 amide bonds. The number of anilines is 1. The second-order valence-electron chi connectivity index (χ2n) is 4.38. The number of nitrogens with zero attached hydrogens (tertiary/aromatic N) is 3. The number of hydrogen-bond donors (Lipinski definition) is 1. The van der Waals surface area contributed by atoms with Crippen LogP contribution in [0.15, 0.2) is 36.8 Å². The van der Waals surface area contributed by atoms with E-state index in [4.69, 9.17) is 0 Å². The van der Waals surface area contributed by atoms with Gasteiger partial charge in [-0.15, -0.1) is 0 Å². The Morgan fingerprint density at radius 3 is 2.55 bits per heavy atom. The molecule has 0 spiro atoms. The predicted octanol–water partition coefficient (Wildman–Crippen LogP) is 3.06. The molecule has 0 unspecified atom stereocenters. The minimum Gasteiger partial charge on any atom is -0.364 e. The van der Waals surface area contributed by atoms with Crippen LogP contribution in [0.3, 0.4) is 0 Å². The third-order valence-corrected chi connectivity index (χ3v) is 2.85. The zero-order valence-electron chi connectivity index (χ0n) is 11.2. The average molecular weight is 312 g/mol. The van der Waals surface area contributed by atoms with Crippen molar-refractivity contribution in [1.29, 1.82) is 0 Å². The van der Waals surface area contributed by atoms with Gasteiger partial charge in [0, 0.05) is 31.2 Å². The van der Waals surface area contributed by atoms with Gasteiger partial charge in [-0.2, -0.15) is 13.2 Å². The molecular formula is C13H11F3N4O2. The molecule has 2 aromatic rings. The molecule has 6 nitrogen and oxygen atoms in total. The minimum atomic E-state index is -4.67. The molecular weight excluding hydrogens is 301 g/mol. The first-order valence-corrected chi connectivity index (χ1v) is 6.22. The summed E-state index contributed by atoms with van der Waals surface area (Å²) >= 11 is 0. The highest BCUT2D eigenvalue weighted by Crippen LogP contribution is 2.33. The van der Waals surface area contributed by atoms with E-state index in [-0.39, 0.29) is 5.82 Å². The Morgan fingerprint density at radius 1 is 1.27 bits per heavy atom. The van der Waals surface area contributed by atoms with Gasteiger partial charge in [-0.25, -0.2) is 4.98 Å². The van der Waals surface area contributed by atoms with E-state index in [1.54, 1.807) is 24.5 Å². The minimum absolute atomic E-state index is 0.188. The second kappa shape index (κ2) is 6.37. The molecule has 0 aliphatic carbocycles. The van der Waals surface area contributed by atoms with Crippen molar-refractivity contribution < 1.29 is 18.1 Å². The molecule has 0 aliphatic rings. The molecule has 2 aromatic heterocycles. The van der Waals surface area contributed by atoms with Crippen LogP contribution in [0.25, 0.3) is 0 Å². The Labute approximate surface area is 123 Å². The van der Waals surface area contributed by atoms with E-state index in [1.807, 2.05) is 0 Å². The monoisotopic (exact) mass is 312 g/mol. The van der Waals surface area contributed by atoms with Crippen molar-refractivity contribution in [1.82, 2.24) is 9.97 Å². The Morgan fingerprint density at radius 2 is 1.95 bits per heavy atom. The summed E-state index contributed by atoms with van der Waals surface area (Å²) in [6, 6.07) is 4.02. The summed E-state index contributed by atoms with van der Waals surface area (Å²) in [6.07, 6.45) is -0.361. The van der Waals surface area contributed by atoms with Gasteiger partial charge in [0.1, 0.15) is 0 Å². The fraction of sp³-hybridized carbons (Fsp3) is 0.231. The maximum absolute atomic E-state index is 12.5. The standard InChI is InChI=1S/C13H11F3N4O2/c14-13(15,16)10-7-11(20(21)22)12(19-8-10)18-6-3-9-1-4-17-5-2-9/h1-2,4-5,7-8H,3,6H2,(H,18,19). The lowest BCUT2D eigenvalue weighted by atomic mass is 10.2. The highest BCUT2D eigenvalue weighted by molar-refractivity contribution is 5.57. The maximum atomic E-state index is 12.5. The van der Waals surface area contributed by atoms with Gasteiger partial charge >= 0.3 is 11.9 Å². The van der Waals surface area contributed by atoms with Gasteiger partial charge in [-0.1, -0.05) is 0 Å². The maximum Gasteiger partial charge on any atom is 0.418 e. The van der Waals surface area contributed by atoms with E-state index in [0.29, 0.717) is 25.2 Å². The quantitative estimate of drug-likeness (QED) is 0.678. The SMILES string of the molecule is O=[N+]([O-])c1cc(C(F)(F)F)cnc1NCCc1ccncc1. The van der Waals surface area contributed by atoms with E-state index < -0.39 is 22.4 Å². The van der Waals surface area contributed by atoms with Gasteiger partial charge in [0.25, 0.3) is 0 Å². The summed E-state index contributed by atoms with van der Waals surface area (Å²) < 4.78 is 37.6. The van der Waals surface area contributed by atoms with Gasteiger partial charge in [-0.3, -0.25) is 15.1 Å². The summed E-state index contributed by atoms with van der Waals surface area (Å²) in [7, 11) is 0. The highest BCUT2D eigenvalue weighted by Gasteiger charge is 2.33. The van der Waals surface area contributed by atoms with Crippen molar-refractivity contribution in [3.05, 3.63) is 58.0 Å². The van der Waals surface area contributed by atoms with Gasteiger partial charge in [-0.05, 0) is 24.1 Å². The lowest BCUT2D eigenvalue weighted by molar-refractivity contribution is -0.384. The molecule has 0 radical (unpaired) electrons. The van der Waals surface area contributed by atoms with E-state index >= 15 is 0 Å². The molecule has 116 valence electrons. The molecule has 2 heterocycles. The Bertz CT molecular complexity index is 662. The normalized spacial score (nSPS) is 11.2. The molecule has 2 rings (SSSR count). The zero-order valence-corrected chi connectivity index (χ0v) is 11.2. The molecule has 0 fully saturated rings. The number of nitrogens with one attached hydrogen (secondary N) is 1. The van der Waals surface area contributed by atoms with Crippen molar-refractivity contribution in [2.75, 3.05) is 11.9 Å². The topological polar surface area (TPSA) is 81.0 Å². The number of alkyl halides is 3. The van der Waals surface area contributed by atoms with E-state index in [1.165, 1.54) is 0 Å². The Hall–Kier alpha value is -2.71. The first-order chi connectivity index (χ1) is 10.4. The van der Waals surface area contributed by atoms with Crippen molar-refractivity contribution >= 4 is 11.5 Å². The van der Waals surface area contributed by atoms with E-state index in [2.05, 4.69) is 15.3 Å². The van der Waals surface area contributed by atoms with Crippen molar-refractivity contribution in [2.45, 2.75) is 12.6 Å². The van der Waals surface area contributed by atoms with Crippen molar-refractivity contribution in [3.63, 3.8) is 0 Å². The molecule has 9 heteroatoms. The fourth-order valence-electron chi connectivity index (χ4n) is 1.76. The van der Waals surface area contributed by atoms with E-state index in [0.717, 1.165) is 5.56 Å². The van der Waals surface area contributed by atoms with Crippen LogP contribution in [-0.2, 0) is 12.6 Å². The zero-order chi connectivity index (χ0) is 16.2. The summed E-state index contributed by atoms with van der Waals surface area (Å²) in [6.45, 7) is 0.295. The highest BCUT2D eigenvalue weighted by atomic mass is 19.4. The molecule has 1 N–H and O–H groups in total. The average Bonchev–Trinajstić information content (AvgIpc) is 2.47. The Kier molecular flexibility index (Phi) is 4.54. The van der Waals surface area contributed by atoms with Crippen LogP contribution in [-0.4, -0.2) is 21.4 Å². The summed E-state index contributed by atoms with van der Waals surface area (Å²) in [5, 5.41) is 13.6. The van der Waals surface area contributed by atoms with Crippen molar-refractivity contribution in [2.24, 2.45) is 0 Å². The molecule has 0 saturated carbocycles. The number of halogens is 3. The van der Waals surface area contributed by atoms with Gasteiger partial charge < -0.3 is 5.32 Å². The summed E-state index contributed by atoms with van der Waals surface area (Å²) in [5.41, 5.74) is -0.916. The number of nitro groups is 1. The number of hydrogen-bond acceptors (Lipinski definition) is 5. The smallest absolute Gasteiger partial charge is 0.364 e. The molecule has 0 aromatic carbocycles. The van der Waals surface area contributed by atoms with Crippen molar-refractivity contribution in [3.8, 4) is 0 Å². The van der Waals surface area contributed by atoms with Crippen LogP contribution in [0.1, 0.15) is 11.1 Å². The third-order valence-electron chi connectivity index (χ3n) is 2.85. The number of pyridine rings is 2. The summed E-state index contributed by atoms with van der Waals surface area (Å²) in [5.74, 6) is -0.188. The first-order valence-electron chi connectivity index (χ1n) is 6.22. The Balaban J connectivity index is 2.12. The van der Waals surface area contributed by atoms with Crippen LogP contribution in [0, 0.1) is 10.1 Å². The number of rotatable bonds is 5. The second-order valence-corrected chi connectivity index (χ2v) is 4.38. The van der Waals surface area contributed by atoms with Crippen LogP contribution < -0.4 is 5.32 Å². The predicted molar refractivity (Wildman–Crippen MR) is 72.3 cm³/mol. The lowest BCUT2D eigenvalue weighted by Gasteiger charge is -2.09. The fourth-order valence-corrected chi connectivity index (χ4v) is 1.76. The van der Waals surface area contributed by atoms with Gasteiger partial charge in [0.2, 0.25) is 5.82 Å². The first kappa shape index (κ1) is 15.7. The van der Waals surface area contributed by atoms with Crippen LogP contribution in [0.5, 0.6) is 0 Å². The van der Waals surface area contributed by atoms with Crippen LogP contribution in [0.4, 0.5) is 24.7 Å². The number of aromatic nitrogens is 2. The summed E-state index contributed by atoms with van der Waals surface area (Å²) in [4.78, 5) is 17.4.